The Bertz CT molecular complexity index is 612. The standard InChI is InChI=1S/C14H14FNO3S/c1-2-19-13-4-3-10(6-12(13)15)16-7-11-5-9(8-20-11)14(17)18/h3-6,8,16H,2,7H2,1H3,(H,17,18). The lowest BCUT2D eigenvalue weighted by molar-refractivity contribution is 0.0697. The molecular formula is C14H14FNO3S. The molecule has 2 N–H and O–H groups in total. The number of thiophene rings is 1. The van der Waals surface area contributed by atoms with E-state index in [0.717, 1.165) is 4.88 Å². The molecule has 0 bridgehead atoms. The topological polar surface area (TPSA) is 58.6 Å². The first-order valence-corrected chi connectivity index (χ1v) is 6.95. The molecule has 0 aliphatic carbocycles. The fourth-order valence-electron chi connectivity index (χ4n) is 1.66. The van der Waals surface area contributed by atoms with Crippen molar-refractivity contribution in [1.29, 1.82) is 0 Å². The molecule has 2 aromatic rings. The van der Waals surface area contributed by atoms with Gasteiger partial charge in [-0.25, -0.2) is 9.18 Å². The molecule has 1 aromatic heterocycles. The second-order valence-corrected chi connectivity index (χ2v) is 5.03. The van der Waals surface area contributed by atoms with Crippen LogP contribution in [0.15, 0.2) is 29.6 Å². The summed E-state index contributed by atoms with van der Waals surface area (Å²) in [6.45, 7) is 2.66. The van der Waals surface area contributed by atoms with Gasteiger partial charge >= 0.3 is 5.97 Å². The molecule has 0 fully saturated rings. The number of hydrogen-bond donors (Lipinski definition) is 2. The van der Waals surface area contributed by atoms with Crippen LogP contribution in [0.1, 0.15) is 22.2 Å². The Morgan fingerprint density at radius 1 is 1.45 bits per heavy atom. The minimum atomic E-state index is -0.945. The van der Waals surface area contributed by atoms with Crippen molar-refractivity contribution in [2.75, 3.05) is 11.9 Å². The van der Waals surface area contributed by atoms with Crippen LogP contribution >= 0.6 is 11.3 Å². The smallest absolute Gasteiger partial charge is 0.336 e. The van der Waals surface area contributed by atoms with Crippen molar-refractivity contribution in [1.82, 2.24) is 0 Å². The maximum absolute atomic E-state index is 13.6. The quantitative estimate of drug-likeness (QED) is 0.855. The van der Waals surface area contributed by atoms with Crippen molar-refractivity contribution >= 4 is 23.0 Å². The number of rotatable bonds is 6. The Morgan fingerprint density at radius 3 is 2.85 bits per heavy atom. The van der Waals surface area contributed by atoms with E-state index in [1.807, 2.05) is 0 Å². The monoisotopic (exact) mass is 295 g/mol. The van der Waals surface area contributed by atoms with Crippen LogP contribution in [-0.4, -0.2) is 17.7 Å². The number of benzene rings is 1. The number of carbonyl (C=O) groups is 1. The average molecular weight is 295 g/mol. The molecule has 2 rings (SSSR count). The molecule has 1 aromatic carbocycles. The number of aromatic carboxylic acids is 1. The van der Waals surface area contributed by atoms with Gasteiger partial charge in [0.05, 0.1) is 12.2 Å². The van der Waals surface area contributed by atoms with E-state index in [1.165, 1.54) is 17.4 Å². The third kappa shape index (κ3) is 3.48. The normalized spacial score (nSPS) is 10.3. The van der Waals surface area contributed by atoms with Gasteiger partial charge in [-0.1, -0.05) is 0 Å². The molecule has 6 heteroatoms. The molecule has 106 valence electrons. The van der Waals surface area contributed by atoms with Gasteiger partial charge < -0.3 is 15.2 Å². The van der Waals surface area contributed by atoms with Crippen LogP contribution in [0.25, 0.3) is 0 Å². The molecule has 0 spiro atoms. The first-order chi connectivity index (χ1) is 9.60. The molecule has 20 heavy (non-hydrogen) atoms. The Labute approximate surface area is 119 Å². The van der Waals surface area contributed by atoms with E-state index in [1.54, 1.807) is 30.5 Å². The second-order valence-electron chi connectivity index (χ2n) is 4.04. The molecule has 0 aliphatic rings. The predicted octanol–water partition coefficient (Wildman–Crippen LogP) is 3.60. The average Bonchev–Trinajstić information content (AvgIpc) is 2.88. The summed E-state index contributed by atoms with van der Waals surface area (Å²) < 4.78 is 18.8. The molecular weight excluding hydrogens is 281 g/mol. The van der Waals surface area contributed by atoms with Crippen molar-refractivity contribution in [2.45, 2.75) is 13.5 Å². The van der Waals surface area contributed by atoms with Crippen LogP contribution in [0.4, 0.5) is 10.1 Å². The molecule has 4 nitrogen and oxygen atoms in total. The Balaban J connectivity index is 1.99. The highest BCUT2D eigenvalue weighted by atomic mass is 32.1. The van der Waals surface area contributed by atoms with Crippen molar-refractivity contribution in [2.24, 2.45) is 0 Å². The summed E-state index contributed by atoms with van der Waals surface area (Å²) in [6, 6.07) is 6.25. The van der Waals surface area contributed by atoms with Crippen molar-refractivity contribution in [3.05, 3.63) is 45.9 Å². The van der Waals surface area contributed by atoms with Gasteiger partial charge in [0.2, 0.25) is 0 Å². The molecule has 0 saturated carbocycles. The van der Waals surface area contributed by atoms with Crippen LogP contribution < -0.4 is 10.1 Å². The summed E-state index contributed by atoms with van der Waals surface area (Å²) in [5.41, 5.74) is 0.890. The summed E-state index contributed by atoms with van der Waals surface area (Å²) in [7, 11) is 0. The number of halogens is 1. The number of ether oxygens (including phenoxy) is 1. The summed E-state index contributed by atoms with van der Waals surface area (Å²) in [6.07, 6.45) is 0. The van der Waals surface area contributed by atoms with Crippen LogP contribution in [-0.2, 0) is 6.54 Å². The van der Waals surface area contributed by atoms with E-state index in [2.05, 4.69) is 5.32 Å². The lowest BCUT2D eigenvalue weighted by Crippen LogP contribution is -2.00. The maximum Gasteiger partial charge on any atom is 0.336 e. The Kier molecular flexibility index (Phi) is 4.57. The van der Waals surface area contributed by atoms with Crippen LogP contribution in [0, 0.1) is 5.82 Å². The van der Waals surface area contributed by atoms with Crippen LogP contribution in [0.2, 0.25) is 0 Å². The Hall–Kier alpha value is -2.08. The maximum atomic E-state index is 13.6. The predicted molar refractivity (Wildman–Crippen MR) is 76.2 cm³/mol. The summed E-state index contributed by atoms with van der Waals surface area (Å²) >= 11 is 1.35. The van der Waals surface area contributed by atoms with Gasteiger partial charge in [0.1, 0.15) is 0 Å². The van der Waals surface area contributed by atoms with E-state index in [4.69, 9.17) is 9.84 Å². The summed E-state index contributed by atoms with van der Waals surface area (Å²) in [5, 5.41) is 13.5. The molecule has 0 aliphatic heterocycles. The molecule has 0 amide bonds. The number of anilines is 1. The number of nitrogens with one attached hydrogen (secondary N) is 1. The molecule has 0 atom stereocenters. The number of carboxylic acids is 1. The van der Waals surface area contributed by atoms with Gasteiger partial charge in [-0.3, -0.25) is 0 Å². The zero-order chi connectivity index (χ0) is 14.5. The molecule has 1 heterocycles. The molecule has 0 saturated heterocycles. The minimum absolute atomic E-state index is 0.224. The number of hydrogen-bond acceptors (Lipinski definition) is 4. The van der Waals surface area contributed by atoms with Crippen LogP contribution in [0.5, 0.6) is 5.75 Å². The molecule has 0 unspecified atom stereocenters. The fourth-order valence-corrected chi connectivity index (χ4v) is 2.46. The van der Waals surface area contributed by atoms with E-state index in [-0.39, 0.29) is 11.3 Å². The van der Waals surface area contributed by atoms with E-state index >= 15 is 0 Å². The van der Waals surface area contributed by atoms with Gasteiger partial charge in [-0.15, -0.1) is 11.3 Å². The van der Waals surface area contributed by atoms with E-state index in [9.17, 15) is 9.18 Å². The summed E-state index contributed by atoms with van der Waals surface area (Å²) in [4.78, 5) is 11.6. The zero-order valence-corrected chi connectivity index (χ0v) is 11.7. The first kappa shape index (κ1) is 14.3. The second kappa shape index (κ2) is 6.38. The highest BCUT2D eigenvalue weighted by Crippen LogP contribution is 2.22. The SMILES string of the molecule is CCOc1ccc(NCc2cc(C(=O)O)cs2)cc1F. The van der Waals surface area contributed by atoms with Crippen molar-refractivity contribution in [3.63, 3.8) is 0 Å². The highest BCUT2D eigenvalue weighted by Gasteiger charge is 2.07. The third-order valence-corrected chi connectivity index (χ3v) is 3.54. The Morgan fingerprint density at radius 2 is 2.25 bits per heavy atom. The van der Waals surface area contributed by atoms with Crippen LogP contribution in [0.3, 0.4) is 0 Å². The fraction of sp³-hybridized carbons (Fsp3) is 0.214. The third-order valence-electron chi connectivity index (χ3n) is 2.60. The number of carboxylic acid groups (broad SMARTS) is 1. The van der Waals surface area contributed by atoms with Gasteiger partial charge in [0.15, 0.2) is 11.6 Å². The van der Waals surface area contributed by atoms with E-state index < -0.39 is 11.8 Å². The van der Waals surface area contributed by atoms with E-state index in [0.29, 0.717) is 18.8 Å². The largest absolute Gasteiger partial charge is 0.491 e. The summed E-state index contributed by atoms with van der Waals surface area (Å²) in [5.74, 6) is -1.14. The lowest BCUT2D eigenvalue weighted by Gasteiger charge is -2.08. The van der Waals surface area contributed by atoms with Crippen molar-refractivity contribution in [3.8, 4) is 5.75 Å². The van der Waals surface area contributed by atoms with Gasteiger partial charge in [-0.2, -0.15) is 0 Å². The van der Waals surface area contributed by atoms with Gasteiger partial charge in [0.25, 0.3) is 0 Å². The first-order valence-electron chi connectivity index (χ1n) is 6.07. The van der Waals surface area contributed by atoms with Gasteiger partial charge in [0, 0.05) is 28.6 Å². The minimum Gasteiger partial charge on any atom is -0.491 e. The highest BCUT2D eigenvalue weighted by molar-refractivity contribution is 7.10. The lowest BCUT2D eigenvalue weighted by atomic mass is 10.2. The van der Waals surface area contributed by atoms with Crippen molar-refractivity contribution < 1.29 is 19.0 Å². The van der Waals surface area contributed by atoms with Gasteiger partial charge in [-0.05, 0) is 25.1 Å². The zero-order valence-electron chi connectivity index (χ0n) is 10.9. The molecule has 0 radical (unpaired) electrons.